The monoisotopic (exact) mass is 477 g/mol. The molecule has 0 saturated carbocycles. The molecule has 172 valence electrons. The molecule has 2 aliphatic heterocycles. The van der Waals surface area contributed by atoms with E-state index in [-0.39, 0.29) is 18.4 Å². The standard InChI is InChI=1S/C21H19N9O3S/c1-28-10-11(9-23-28)17-26-16-12(8-13(24-18(16)27-17)19-22-4-7-34-19)25-21(33)30-6-5-29-14(20(30)32)2-3-15(29)31/h4,7-10,14H,2-3,5-6H2,1H3,(H2,24,25,26,27,33). The summed E-state index contributed by atoms with van der Waals surface area (Å²) in [4.78, 5) is 57.5. The number of amides is 4. The summed E-state index contributed by atoms with van der Waals surface area (Å²) >= 11 is 1.42. The molecule has 34 heavy (non-hydrogen) atoms. The van der Waals surface area contributed by atoms with Gasteiger partial charge in [0.25, 0.3) is 5.91 Å². The fourth-order valence-corrected chi connectivity index (χ4v) is 4.98. The van der Waals surface area contributed by atoms with Crippen LogP contribution in [0.15, 0.2) is 30.0 Å². The number of piperazine rings is 1. The molecule has 0 bridgehead atoms. The van der Waals surface area contributed by atoms with E-state index < -0.39 is 12.1 Å². The van der Waals surface area contributed by atoms with Crippen molar-refractivity contribution in [3.63, 3.8) is 0 Å². The van der Waals surface area contributed by atoms with Gasteiger partial charge >= 0.3 is 6.03 Å². The van der Waals surface area contributed by atoms with Crippen LogP contribution in [-0.4, -0.2) is 76.5 Å². The molecule has 0 radical (unpaired) electrons. The van der Waals surface area contributed by atoms with Crippen molar-refractivity contribution in [2.75, 3.05) is 18.4 Å². The Morgan fingerprint density at radius 3 is 2.91 bits per heavy atom. The predicted octanol–water partition coefficient (Wildman–Crippen LogP) is 1.85. The van der Waals surface area contributed by atoms with Crippen LogP contribution in [0.3, 0.4) is 0 Å². The third kappa shape index (κ3) is 3.32. The van der Waals surface area contributed by atoms with Crippen molar-refractivity contribution in [2.24, 2.45) is 7.05 Å². The highest BCUT2D eigenvalue weighted by Crippen LogP contribution is 2.31. The van der Waals surface area contributed by atoms with E-state index in [2.05, 4.69) is 30.4 Å². The van der Waals surface area contributed by atoms with Crippen LogP contribution in [0.1, 0.15) is 12.8 Å². The molecule has 0 aromatic carbocycles. The zero-order valence-electron chi connectivity index (χ0n) is 18.1. The van der Waals surface area contributed by atoms with Crippen molar-refractivity contribution in [3.8, 4) is 22.1 Å². The normalized spacial score (nSPS) is 18.1. The maximum absolute atomic E-state index is 13.2. The van der Waals surface area contributed by atoms with E-state index in [9.17, 15) is 14.4 Å². The van der Waals surface area contributed by atoms with Crippen LogP contribution in [0.5, 0.6) is 0 Å². The number of H-pyrrole nitrogens is 1. The largest absolute Gasteiger partial charge is 0.335 e. The topological polar surface area (TPSA) is 142 Å². The Labute approximate surface area is 196 Å². The van der Waals surface area contributed by atoms with E-state index in [1.54, 1.807) is 28.0 Å². The van der Waals surface area contributed by atoms with E-state index in [0.717, 1.165) is 5.56 Å². The molecule has 4 amide bonds. The Hall–Kier alpha value is -4.13. The first kappa shape index (κ1) is 20.5. The van der Waals surface area contributed by atoms with Gasteiger partial charge < -0.3 is 15.2 Å². The van der Waals surface area contributed by atoms with Gasteiger partial charge in [-0.25, -0.2) is 19.7 Å². The molecule has 0 aliphatic carbocycles. The lowest BCUT2D eigenvalue weighted by atomic mass is 10.1. The minimum atomic E-state index is -0.570. The molecular weight excluding hydrogens is 458 g/mol. The van der Waals surface area contributed by atoms with Crippen LogP contribution in [-0.2, 0) is 16.6 Å². The summed E-state index contributed by atoms with van der Waals surface area (Å²) in [6.45, 7) is 0.484. The number of fused-ring (bicyclic) bond motifs is 2. The average Bonchev–Trinajstić information content (AvgIpc) is 3.61. The van der Waals surface area contributed by atoms with E-state index in [4.69, 9.17) is 0 Å². The van der Waals surface area contributed by atoms with Gasteiger partial charge in [-0.05, 0) is 12.5 Å². The second-order valence-corrected chi connectivity index (χ2v) is 9.04. The van der Waals surface area contributed by atoms with Gasteiger partial charge in [-0.15, -0.1) is 11.3 Å². The maximum atomic E-state index is 13.2. The number of urea groups is 1. The molecule has 12 nitrogen and oxygen atoms in total. The smallest absolute Gasteiger partial charge is 0.328 e. The quantitative estimate of drug-likeness (QED) is 0.458. The molecule has 2 fully saturated rings. The molecule has 2 aliphatic rings. The van der Waals surface area contributed by atoms with Gasteiger partial charge in [0.15, 0.2) is 5.65 Å². The number of anilines is 1. The van der Waals surface area contributed by atoms with Gasteiger partial charge in [0.05, 0.1) is 17.4 Å². The number of hydrogen-bond acceptors (Lipinski definition) is 8. The fraction of sp³-hybridized carbons (Fsp3) is 0.286. The molecule has 4 aromatic heterocycles. The van der Waals surface area contributed by atoms with Crippen LogP contribution >= 0.6 is 11.3 Å². The number of aromatic nitrogens is 6. The Morgan fingerprint density at radius 2 is 2.15 bits per heavy atom. The molecule has 2 N–H and O–H groups in total. The third-order valence-electron chi connectivity index (χ3n) is 6.02. The zero-order valence-corrected chi connectivity index (χ0v) is 18.9. The minimum Gasteiger partial charge on any atom is -0.335 e. The van der Waals surface area contributed by atoms with Crippen LogP contribution in [0, 0.1) is 0 Å². The Balaban J connectivity index is 1.36. The van der Waals surface area contributed by atoms with Gasteiger partial charge in [-0.3, -0.25) is 19.2 Å². The van der Waals surface area contributed by atoms with Crippen molar-refractivity contribution in [1.29, 1.82) is 0 Å². The summed E-state index contributed by atoms with van der Waals surface area (Å²) in [5, 5.41) is 9.55. The number of hydrogen-bond donors (Lipinski definition) is 2. The van der Waals surface area contributed by atoms with Crippen molar-refractivity contribution in [1.82, 2.24) is 39.5 Å². The minimum absolute atomic E-state index is 0.0391. The van der Waals surface area contributed by atoms with Gasteiger partial charge in [0, 0.05) is 44.3 Å². The summed E-state index contributed by atoms with van der Waals surface area (Å²) < 4.78 is 1.67. The molecule has 2 saturated heterocycles. The van der Waals surface area contributed by atoms with Gasteiger partial charge in [-0.2, -0.15) is 5.10 Å². The van der Waals surface area contributed by atoms with Crippen LogP contribution < -0.4 is 5.32 Å². The van der Waals surface area contributed by atoms with Crippen LogP contribution in [0.4, 0.5) is 10.5 Å². The molecule has 6 rings (SSSR count). The lowest BCUT2D eigenvalue weighted by molar-refractivity contribution is -0.143. The SMILES string of the molecule is Cn1cc(-c2nc3nc(-c4nccs4)cc(NC(=O)N4CCN5C(=O)CCC5C4=O)c3[nH]2)cn1. The number of thiazole rings is 1. The number of imide groups is 1. The second kappa shape index (κ2) is 7.73. The first-order chi connectivity index (χ1) is 16.5. The first-order valence-electron chi connectivity index (χ1n) is 10.7. The number of nitrogens with zero attached hydrogens (tertiary/aromatic N) is 7. The predicted molar refractivity (Wildman–Crippen MR) is 123 cm³/mol. The zero-order chi connectivity index (χ0) is 23.4. The number of pyridine rings is 1. The third-order valence-corrected chi connectivity index (χ3v) is 6.82. The van der Waals surface area contributed by atoms with E-state index in [1.165, 1.54) is 16.2 Å². The number of aryl methyl sites for hydroxylation is 1. The highest BCUT2D eigenvalue weighted by atomic mass is 32.1. The number of aromatic amines is 1. The summed E-state index contributed by atoms with van der Waals surface area (Å²) in [5.41, 5.74) is 2.68. The molecular formula is C21H19N9O3S. The Kier molecular flexibility index (Phi) is 4.65. The summed E-state index contributed by atoms with van der Waals surface area (Å²) in [7, 11) is 1.81. The first-order valence-corrected chi connectivity index (χ1v) is 11.6. The van der Waals surface area contributed by atoms with Crippen molar-refractivity contribution < 1.29 is 14.4 Å². The van der Waals surface area contributed by atoms with Crippen LogP contribution in [0.25, 0.3) is 33.3 Å². The maximum Gasteiger partial charge on any atom is 0.328 e. The lowest BCUT2D eigenvalue weighted by Crippen LogP contribution is -2.57. The molecule has 13 heteroatoms. The van der Waals surface area contributed by atoms with Crippen molar-refractivity contribution in [3.05, 3.63) is 30.0 Å². The van der Waals surface area contributed by atoms with Gasteiger partial charge in [0.1, 0.15) is 28.1 Å². The van der Waals surface area contributed by atoms with E-state index in [0.29, 0.717) is 52.8 Å². The molecule has 1 atom stereocenters. The highest BCUT2D eigenvalue weighted by molar-refractivity contribution is 7.13. The molecule has 0 spiro atoms. The highest BCUT2D eigenvalue weighted by Gasteiger charge is 2.43. The lowest BCUT2D eigenvalue weighted by Gasteiger charge is -2.35. The average molecular weight is 478 g/mol. The Morgan fingerprint density at radius 1 is 1.26 bits per heavy atom. The Bertz CT molecular complexity index is 1440. The van der Waals surface area contributed by atoms with E-state index >= 15 is 0 Å². The number of carbonyl (C=O) groups is 3. The van der Waals surface area contributed by atoms with E-state index in [1.807, 2.05) is 18.6 Å². The van der Waals surface area contributed by atoms with Gasteiger partial charge in [-0.1, -0.05) is 0 Å². The molecule has 6 heterocycles. The molecule has 4 aromatic rings. The number of carbonyl (C=O) groups excluding carboxylic acids is 3. The second-order valence-electron chi connectivity index (χ2n) is 8.14. The fourth-order valence-electron chi connectivity index (χ4n) is 4.38. The number of nitrogens with one attached hydrogen (secondary N) is 2. The summed E-state index contributed by atoms with van der Waals surface area (Å²) in [5.74, 6) is 0.153. The number of rotatable bonds is 3. The van der Waals surface area contributed by atoms with Gasteiger partial charge in [0.2, 0.25) is 5.91 Å². The number of imidazole rings is 1. The van der Waals surface area contributed by atoms with Crippen LogP contribution in [0.2, 0.25) is 0 Å². The van der Waals surface area contributed by atoms with Crippen molar-refractivity contribution >= 4 is 46.0 Å². The summed E-state index contributed by atoms with van der Waals surface area (Å²) in [6, 6.07) is 0.586. The van der Waals surface area contributed by atoms with Crippen molar-refractivity contribution in [2.45, 2.75) is 18.9 Å². The molecule has 1 unspecified atom stereocenters. The summed E-state index contributed by atoms with van der Waals surface area (Å²) in [6.07, 6.45) is 5.94.